The van der Waals surface area contributed by atoms with Crippen LogP contribution in [0.2, 0.25) is 0 Å². The van der Waals surface area contributed by atoms with Crippen molar-refractivity contribution in [2.75, 3.05) is 39.6 Å². The molecule has 0 amide bonds. The summed E-state index contributed by atoms with van der Waals surface area (Å²) in [7, 11) is -10.0. The van der Waals surface area contributed by atoms with Gasteiger partial charge in [-0.2, -0.15) is 0 Å². The summed E-state index contributed by atoms with van der Waals surface area (Å²) in [5.74, 6) is -2.30. The second kappa shape index (κ2) is 77.8. The van der Waals surface area contributed by atoms with E-state index in [1.165, 1.54) is 64.2 Å². The predicted molar refractivity (Wildman–Crippen MR) is 436 cm³/mol. The molecule has 0 saturated heterocycles. The van der Waals surface area contributed by atoms with Crippen molar-refractivity contribution >= 4 is 39.5 Å². The topological polar surface area (TPSA) is 237 Å². The molecule has 19 heteroatoms. The van der Waals surface area contributed by atoms with Gasteiger partial charge in [-0.15, -0.1) is 0 Å². The first-order chi connectivity index (χ1) is 51.7. The number of aliphatic hydroxyl groups excluding tert-OH is 1. The van der Waals surface area contributed by atoms with E-state index in [4.69, 9.17) is 37.0 Å². The molecule has 0 aliphatic heterocycles. The van der Waals surface area contributed by atoms with Crippen molar-refractivity contribution in [1.82, 2.24) is 0 Å². The maximum atomic E-state index is 13.1. The molecule has 5 atom stereocenters. The van der Waals surface area contributed by atoms with Gasteiger partial charge in [0.15, 0.2) is 12.2 Å². The summed E-state index contributed by atoms with van der Waals surface area (Å²) in [6.07, 6.45) is 90.8. The summed E-state index contributed by atoms with van der Waals surface area (Å²) in [4.78, 5) is 73.1. The lowest BCUT2D eigenvalue weighted by molar-refractivity contribution is -0.161. The number of phosphoric acid groups is 2. The highest BCUT2D eigenvalue weighted by atomic mass is 31.2. The average Bonchev–Trinajstić information content (AvgIpc) is 0.902. The zero-order valence-electron chi connectivity index (χ0n) is 66.1. The smallest absolute Gasteiger partial charge is 0.462 e. The minimum Gasteiger partial charge on any atom is -0.462 e. The molecule has 3 N–H and O–H groups in total. The number of aliphatic hydroxyl groups is 1. The second-order valence-corrected chi connectivity index (χ2v) is 29.5. The number of unbranched alkanes of at least 4 members (excludes halogenated alkanes) is 23. The van der Waals surface area contributed by atoms with Crippen LogP contribution in [-0.4, -0.2) is 96.7 Å². The van der Waals surface area contributed by atoms with Crippen LogP contribution in [0.4, 0.5) is 0 Å². The molecular weight excluding hydrogens is 1380 g/mol. The Labute approximate surface area is 642 Å². The Bertz CT molecular complexity index is 2630. The van der Waals surface area contributed by atoms with Gasteiger partial charge in [-0.25, -0.2) is 9.13 Å². The summed E-state index contributed by atoms with van der Waals surface area (Å²) in [5.41, 5.74) is 0. The summed E-state index contributed by atoms with van der Waals surface area (Å²) in [6.45, 7) is 4.43. The van der Waals surface area contributed by atoms with Gasteiger partial charge < -0.3 is 33.8 Å². The van der Waals surface area contributed by atoms with Crippen LogP contribution in [0.15, 0.2) is 158 Å². The van der Waals surface area contributed by atoms with Crippen molar-refractivity contribution in [2.45, 2.75) is 329 Å². The van der Waals surface area contributed by atoms with Crippen molar-refractivity contribution in [3.8, 4) is 0 Å². The molecule has 0 fully saturated rings. The molecule has 0 aromatic rings. The van der Waals surface area contributed by atoms with Gasteiger partial charge in [-0.05, 0) is 141 Å². The minimum atomic E-state index is -5.01. The molecule has 604 valence electrons. The lowest BCUT2D eigenvalue weighted by Gasteiger charge is -2.21. The number of allylic oxidation sites excluding steroid dienone is 26. The molecule has 0 spiro atoms. The van der Waals surface area contributed by atoms with Gasteiger partial charge in [0.05, 0.1) is 26.4 Å². The molecule has 0 radical (unpaired) electrons. The summed E-state index contributed by atoms with van der Waals surface area (Å²) < 4.78 is 68.6. The van der Waals surface area contributed by atoms with Crippen molar-refractivity contribution in [2.24, 2.45) is 0 Å². The minimum absolute atomic E-state index is 0.00366. The van der Waals surface area contributed by atoms with Crippen molar-refractivity contribution in [1.29, 1.82) is 0 Å². The molecule has 0 aliphatic rings. The van der Waals surface area contributed by atoms with Crippen LogP contribution in [0, 0.1) is 0 Å². The van der Waals surface area contributed by atoms with Crippen LogP contribution in [0.3, 0.4) is 0 Å². The van der Waals surface area contributed by atoms with Crippen LogP contribution in [0.1, 0.15) is 310 Å². The lowest BCUT2D eigenvalue weighted by Crippen LogP contribution is -2.30. The molecule has 0 aromatic heterocycles. The molecular formula is C87H144O17P2. The van der Waals surface area contributed by atoms with Gasteiger partial charge in [0, 0.05) is 25.7 Å². The van der Waals surface area contributed by atoms with E-state index in [0.29, 0.717) is 32.1 Å². The van der Waals surface area contributed by atoms with Gasteiger partial charge in [-0.1, -0.05) is 301 Å². The SMILES string of the molecule is CC/C=C\C/C=C\C/C=C\C/C=C\C/C=C\CCCCCC(=O)OCC(COP(=O)(O)OCC(O)COP(=O)(O)OCC(COC(=O)CCCCCCC/C=C\C/C=C\C/C=C\CC)OC(=O)CCCCCCCCCCCCCCCCC)OC(=O)CCC/C=C\C/C=C\C/C=C\C/C=C\C/C=C\CC. The number of hydrogen-bond donors (Lipinski definition) is 3. The fourth-order valence-corrected chi connectivity index (χ4v) is 12.0. The maximum Gasteiger partial charge on any atom is 0.472 e. The summed E-state index contributed by atoms with van der Waals surface area (Å²) in [5, 5.41) is 10.7. The number of esters is 4. The third kappa shape index (κ3) is 76.9. The maximum absolute atomic E-state index is 13.1. The highest BCUT2D eigenvalue weighted by Gasteiger charge is 2.30. The molecule has 0 saturated carbocycles. The Morgan fingerprint density at radius 1 is 0.274 bits per heavy atom. The van der Waals surface area contributed by atoms with Gasteiger partial charge in [0.1, 0.15) is 19.3 Å². The predicted octanol–water partition coefficient (Wildman–Crippen LogP) is 24.0. The zero-order chi connectivity index (χ0) is 77.4. The first-order valence-corrected chi connectivity index (χ1v) is 43.7. The molecule has 0 heterocycles. The Morgan fingerprint density at radius 3 is 0.802 bits per heavy atom. The Hall–Kier alpha value is -5.32. The largest absolute Gasteiger partial charge is 0.472 e. The number of rotatable bonds is 75. The normalized spacial score (nSPS) is 14.7. The average molecular weight is 1520 g/mol. The van der Waals surface area contributed by atoms with Gasteiger partial charge >= 0.3 is 39.5 Å². The first kappa shape index (κ1) is 101. The Balaban J connectivity index is 5.47. The van der Waals surface area contributed by atoms with Crippen LogP contribution in [0.25, 0.3) is 0 Å². The third-order valence-electron chi connectivity index (χ3n) is 16.5. The van der Waals surface area contributed by atoms with Gasteiger partial charge in [0.2, 0.25) is 0 Å². The van der Waals surface area contributed by atoms with Crippen molar-refractivity contribution < 1.29 is 80.2 Å². The van der Waals surface area contributed by atoms with E-state index < -0.39 is 97.5 Å². The van der Waals surface area contributed by atoms with Crippen LogP contribution >= 0.6 is 15.6 Å². The third-order valence-corrected chi connectivity index (χ3v) is 18.4. The van der Waals surface area contributed by atoms with Crippen LogP contribution < -0.4 is 0 Å². The van der Waals surface area contributed by atoms with E-state index in [1.54, 1.807) is 0 Å². The highest BCUT2D eigenvalue weighted by Crippen LogP contribution is 2.45. The lowest BCUT2D eigenvalue weighted by atomic mass is 10.0. The summed E-state index contributed by atoms with van der Waals surface area (Å²) in [6, 6.07) is 0. The monoisotopic (exact) mass is 1520 g/mol. The Kier molecular flexibility index (Phi) is 73.9. The molecule has 5 unspecified atom stereocenters. The number of carbonyl (C=O) groups excluding carboxylic acids is 4. The molecule has 0 bridgehead atoms. The molecule has 0 rings (SSSR count). The van der Waals surface area contributed by atoms with Crippen molar-refractivity contribution in [3.05, 3.63) is 158 Å². The fourth-order valence-electron chi connectivity index (χ4n) is 10.4. The zero-order valence-corrected chi connectivity index (χ0v) is 67.8. The molecule has 17 nitrogen and oxygen atoms in total. The van der Waals surface area contributed by atoms with Crippen LogP contribution in [0.5, 0.6) is 0 Å². The van der Waals surface area contributed by atoms with E-state index in [2.05, 4.69) is 174 Å². The van der Waals surface area contributed by atoms with Gasteiger partial charge in [0.25, 0.3) is 0 Å². The molecule has 0 aromatic carbocycles. The standard InChI is InChI=1S/C87H144O17P2/c1-5-9-13-17-21-25-29-33-37-39-40-42-45-48-52-56-60-64-68-72-85(90)98-78-83(104-87(92)74-70-66-62-58-54-50-46-41-38-34-30-26-22-18-14-10-6-2)80-102-106(95,96)100-76-81(88)75-99-105(93,94)101-79-82(103-86(91)73-69-65-61-57-53-49-44-36-32-28-24-20-16-12-8-4)77-97-84(89)71-67-63-59-55-51-47-43-35-31-27-23-19-15-11-7-3/h9-11,13-15,21-23,25-27,33-35,37-38,40,42-43,46,48,50,52,58,62,81-83,88H,5-8,12,16-20,24,28-32,36,39,41,44-45,47,49,51,53-57,59-61,63-80H2,1-4H3,(H,93,94)(H,95,96)/b13-9-,14-10-,15-11-,25-21-,26-22-,27-23-,37-33-,38-34-,42-40-,43-35-,50-46-,52-48-,62-58-. The number of carbonyl (C=O) groups is 4. The first-order valence-electron chi connectivity index (χ1n) is 40.7. The van der Waals surface area contributed by atoms with E-state index >= 15 is 0 Å². The van der Waals surface area contributed by atoms with Crippen LogP contribution in [-0.2, 0) is 65.4 Å². The highest BCUT2D eigenvalue weighted by molar-refractivity contribution is 7.47. The molecule has 0 aliphatic carbocycles. The van der Waals surface area contributed by atoms with E-state index in [9.17, 15) is 43.2 Å². The quantitative estimate of drug-likeness (QED) is 0.0169. The number of hydrogen-bond acceptors (Lipinski definition) is 15. The number of ether oxygens (including phenoxy) is 4. The molecule has 106 heavy (non-hydrogen) atoms. The van der Waals surface area contributed by atoms with Crippen molar-refractivity contribution in [3.63, 3.8) is 0 Å². The fraction of sp³-hybridized carbons (Fsp3) is 0.655. The number of phosphoric ester groups is 2. The van der Waals surface area contributed by atoms with E-state index in [0.717, 1.165) is 161 Å². The van der Waals surface area contributed by atoms with E-state index in [-0.39, 0.29) is 25.7 Å². The second-order valence-electron chi connectivity index (χ2n) is 26.6. The Morgan fingerprint density at radius 2 is 0.500 bits per heavy atom. The summed E-state index contributed by atoms with van der Waals surface area (Å²) >= 11 is 0. The van der Waals surface area contributed by atoms with Gasteiger partial charge in [-0.3, -0.25) is 37.3 Å². The van der Waals surface area contributed by atoms with E-state index in [1.807, 2.05) is 12.2 Å².